The van der Waals surface area contributed by atoms with Crippen molar-refractivity contribution in [2.45, 2.75) is 39.5 Å². The van der Waals surface area contributed by atoms with Crippen molar-refractivity contribution in [2.75, 3.05) is 0 Å². The highest BCUT2D eigenvalue weighted by molar-refractivity contribution is 5.95. The molecular formula is C21H23NO. The Hall–Kier alpha value is -2.35. The SMILES string of the molecule is CCCc1c(CCC)[n+]([O-])c(-c2ccccc2)c2ccccc12. The minimum atomic E-state index is 0.782. The summed E-state index contributed by atoms with van der Waals surface area (Å²) >= 11 is 0. The Balaban J connectivity index is 2.40. The highest BCUT2D eigenvalue weighted by atomic mass is 16.5. The van der Waals surface area contributed by atoms with Crippen molar-refractivity contribution in [3.8, 4) is 11.3 Å². The average molecular weight is 305 g/mol. The first kappa shape index (κ1) is 15.5. The number of hydrogen-bond donors (Lipinski definition) is 0. The number of aromatic nitrogens is 1. The summed E-state index contributed by atoms with van der Waals surface area (Å²) < 4.78 is 1.19. The van der Waals surface area contributed by atoms with Gasteiger partial charge in [-0.15, -0.1) is 0 Å². The van der Waals surface area contributed by atoms with E-state index in [-0.39, 0.29) is 0 Å². The lowest BCUT2D eigenvalue weighted by molar-refractivity contribution is -0.601. The van der Waals surface area contributed by atoms with Gasteiger partial charge in [0.05, 0.1) is 5.39 Å². The molecule has 0 aliphatic carbocycles. The van der Waals surface area contributed by atoms with Crippen LogP contribution in [-0.4, -0.2) is 0 Å². The lowest BCUT2D eigenvalue weighted by Gasteiger charge is -2.17. The molecule has 118 valence electrons. The molecule has 23 heavy (non-hydrogen) atoms. The molecule has 0 aliphatic heterocycles. The van der Waals surface area contributed by atoms with Crippen LogP contribution in [-0.2, 0) is 12.8 Å². The van der Waals surface area contributed by atoms with E-state index in [0.717, 1.165) is 48.0 Å². The molecule has 3 aromatic rings. The van der Waals surface area contributed by atoms with Crippen molar-refractivity contribution < 1.29 is 4.73 Å². The summed E-state index contributed by atoms with van der Waals surface area (Å²) in [4.78, 5) is 0. The van der Waals surface area contributed by atoms with Gasteiger partial charge in [-0.3, -0.25) is 0 Å². The van der Waals surface area contributed by atoms with Gasteiger partial charge >= 0.3 is 0 Å². The molecular weight excluding hydrogens is 282 g/mol. The van der Waals surface area contributed by atoms with E-state index >= 15 is 0 Å². The molecule has 0 fully saturated rings. The van der Waals surface area contributed by atoms with Crippen LogP contribution in [0.15, 0.2) is 54.6 Å². The molecule has 1 heterocycles. The average Bonchev–Trinajstić information content (AvgIpc) is 2.59. The summed E-state index contributed by atoms with van der Waals surface area (Å²) in [5.41, 5.74) is 3.93. The largest absolute Gasteiger partial charge is 0.618 e. The second-order valence-electron chi connectivity index (χ2n) is 5.98. The zero-order chi connectivity index (χ0) is 16.2. The Kier molecular flexibility index (Phi) is 4.61. The molecule has 0 radical (unpaired) electrons. The molecule has 0 N–H and O–H groups in total. The highest BCUT2D eigenvalue weighted by Gasteiger charge is 2.23. The zero-order valence-electron chi connectivity index (χ0n) is 13.9. The molecule has 2 nitrogen and oxygen atoms in total. The molecule has 2 aromatic carbocycles. The third-order valence-electron chi connectivity index (χ3n) is 4.34. The van der Waals surface area contributed by atoms with Gasteiger partial charge in [-0.25, -0.2) is 0 Å². The van der Waals surface area contributed by atoms with Crippen molar-refractivity contribution >= 4 is 10.8 Å². The van der Waals surface area contributed by atoms with Crippen LogP contribution in [0.2, 0.25) is 0 Å². The van der Waals surface area contributed by atoms with Crippen molar-refractivity contribution in [2.24, 2.45) is 0 Å². The molecule has 0 aliphatic rings. The van der Waals surface area contributed by atoms with Gasteiger partial charge in [-0.1, -0.05) is 56.7 Å². The Morgan fingerprint density at radius 2 is 1.39 bits per heavy atom. The van der Waals surface area contributed by atoms with E-state index in [4.69, 9.17) is 0 Å². The Labute approximate surface area is 138 Å². The van der Waals surface area contributed by atoms with Gasteiger partial charge in [-0.2, -0.15) is 4.73 Å². The highest BCUT2D eigenvalue weighted by Crippen LogP contribution is 2.30. The van der Waals surface area contributed by atoms with E-state index in [1.165, 1.54) is 15.7 Å². The van der Waals surface area contributed by atoms with E-state index in [9.17, 15) is 5.21 Å². The fourth-order valence-electron chi connectivity index (χ4n) is 3.36. The first-order valence-corrected chi connectivity index (χ1v) is 8.49. The van der Waals surface area contributed by atoms with Gasteiger partial charge in [0.1, 0.15) is 0 Å². The quantitative estimate of drug-likeness (QED) is 0.479. The number of pyridine rings is 1. The Bertz CT molecular complexity index is 809. The summed E-state index contributed by atoms with van der Waals surface area (Å²) in [6.45, 7) is 4.30. The van der Waals surface area contributed by atoms with Gasteiger partial charge in [0.2, 0.25) is 5.69 Å². The van der Waals surface area contributed by atoms with E-state index in [0.29, 0.717) is 0 Å². The summed E-state index contributed by atoms with van der Waals surface area (Å²) in [6, 6.07) is 18.3. The van der Waals surface area contributed by atoms with Crippen molar-refractivity contribution in [3.63, 3.8) is 0 Å². The molecule has 3 rings (SSSR count). The van der Waals surface area contributed by atoms with Gasteiger partial charge in [0.25, 0.3) is 0 Å². The van der Waals surface area contributed by atoms with E-state index in [1.807, 2.05) is 36.4 Å². The van der Waals surface area contributed by atoms with Gasteiger partial charge < -0.3 is 5.21 Å². The number of hydrogen-bond acceptors (Lipinski definition) is 1. The van der Waals surface area contributed by atoms with Gasteiger partial charge in [-0.05, 0) is 36.4 Å². The summed E-state index contributed by atoms with van der Waals surface area (Å²) in [5, 5.41) is 15.5. The topological polar surface area (TPSA) is 26.9 Å². The summed E-state index contributed by atoms with van der Waals surface area (Å²) in [5.74, 6) is 0. The maximum atomic E-state index is 13.2. The first-order chi connectivity index (χ1) is 11.3. The van der Waals surface area contributed by atoms with Crippen LogP contribution in [0.4, 0.5) is 0 Å². The minimum Gasteiger partial charge on any atom is -0.618 e. The summed E-state index contributed by atoms with van der Waals surface area (Å²) in [6.07, 6.45) is 3.80. The first-order valence-electron chi connectivity index (χ1n) is 8.49. The molecule has 0 saturated heterocycles. The minimum absolute atomic E-state index is 0.782. The van der Waals surface area contributed by atoms with Crippen LogP contribution in [0.5, 0.6) is 0 Å². The second kappa shape index (κ2) is 6.82. The van der Waals surface area contributed by atoms with E-state index in [2.05, 4.69) is 32.0 Å². The van der Waals surface area contributed by atoms with Crippen molar-refractivity contribution in [1.82, 2.24) is 0 Å². The molecule has 0 atom stereocenters. The van der Waals surface area contributed by atoms with Crippen LogP contribution in [0, 0.1) is 5.21 Å². The number of nitrogens with zero attached hydrogens (tertiary/aromatic N) is 1. The lowest BCUT2D eigenvalue weighted by Crippen LogP contribution is -2.36. The zero-order valence-corrected chi connectivity index (χ0v) is 13.9. The molecule has 1 aromatic heterocycles. The number of fused-ring (bicyclic) bond motifs is 1. The molecule has 0 bridgehead atoms. The number of aryl methyl sites for hydroxylation is 1. The predicted octanol–water partition coefficient (Wildman–Crippen LogP) is 5.05. The smallest absolute Gasteiger partial charge is 0.231 e. The number of rotatable bonds is 5. The maximum absolute atomic E-state index is 13.2. The molecule has 0 amide bonds. The Morgan fingerprint density at radius 1 is 0.783 bits per heavy atom. The molecule has 0 saturated carbocycles. The normalized spacial score (nSPS) is 11.0. The lowest BCUT2D eigenvalue weighted by atomic mass is 9.94. The second-order valence-corrected chi connectivity index (χ2v) is 5.98. The third-order valence-corrected chi connectivity index (χ3v) is 4.34. The maximum Gasteiger partial charge on any atom is 0.231 e. The third kappa shape index (κ3) is 2.81. The molecule has 2 heteroatoms. The van der Waals surface area contributed by atoms with E-state index in [1.54, 1.807) is 0 Å². The fraction of sp³-hybridized carbons (Fsp3) is 0.286. The van der Waals surface area contributed by atoms with Crippen LogP contribution < -0.4 is 4.73 Å². The van der Waals surface area contributed by atoms with Crippen LogP contribution in [0.25, 0.3) is 22.0 Å². The van der Waals surface area contributed by atoms with Crippen LogP contribution in [0.3, 0.4) is 0 Å². The molecule has 0 spiro atoms. The van der Waals surface area contributed by atoms with Crippen LogP contribution in [0.1, 0.15) is 37.9 Å². The fourth-order valence-corrected chi connectivity index (χ4v) is 3.36. The standard InChI is InChI=1S/C21H23NO/c1-3-10-18-17-14-8-9-15-19(17)21(16-12-6-5-7-13-16)22(23)20(18)11-4-2/h5-9,12-15H,3-4,10-11H2,1-2H3. The monoisotopic (exact) mass is 305 g/mol. The van der Waals surface area contributed by atoms with Crippen molar-refractivity contribution in [3.05, 3.63) is 71.1 Å². The van der Waals surface area contributed by atoms with Crippen molar-refractivity contribution in [1.29, 1.82) is 0 Å². The van der Waals surface area contributed by atoms with E-state index < -0.39 is 0 Å². The molecule has 0 unspecified atom stereocenters. The van der Waals surface area contributed by atoms with Gasteiger partial charge in [0.15, 0.2) is 5.69 Å². The number of benzene rings is 2. The Morgan fingerprint density at radius 3 is 2.04 bits per heavy atom. The predicted molar refractivity (Wildman–Crippen MR) is 96.3 cm³/mol. The summed E-state index contributed by atoms with van der Waals surface area (Å²) in [7, 11) is 0. The van der Waals surface area contributed by atoms with Crippen LogP contribution >= 0.6 is 0 Å². The van der Waals surface area contributed by atoms with Gasteiger partial charge in [0, 0.05) is 17.5 Å².